The first-order chi connectivity index (χ1) is 12.9. The number of benzene rings is 1. The Bertz CT molecular complexity index is 992. The molecule has 11 heteroatoms. The van der Waals surface area contributed by atoms with Crippen LogP contribution in [0.5, 0.6) is 11.5 Å². The van der Waals surface area contributed by atoms with E-state index in [4.69, 9.17) is 21.1 Å². The predicted octanol–water partition coefficient (Wildman–Crippen LogP) is 3.57. The fourth-order valence-corrected chi connectivity index (χ4v) is 2.93. The minimum atomic E-state index is -4.65. The quantitative estimate of drug-likeness (QED) is 0.726. The normalized spacial score (nSPS) is 14.2. The number of anilines is 1. The molecule has 0 atom stereocenters. The van der Waals surface area contributed by atoms with Crippen LogP contribution in [0.25, 0.3) is 5.65 Å². The van der Waals surface area contributed by atoms with Gasteiger partial charge in [-0.1, -0.05) is 11.6 Å². The van der Waals surface area contributed by atoms with Crippen LogP contribution < -0.4 is 14.8 Å². The Morgan fingerprint density at radius 3 is 2.78 bits per heavy atom. The second-order valence-electron chi connectivity index (χ2n) is 5.82. The van der Waals surface area contributed by atoms with E-state index in [0.29, 0.717) is 34.3 Å². The molecule has 1 aromatic carbocycles. The van der Waals surface area contributed by atoms with Crippen LogP contribution in [0.4, 0.5) is 19.0 Å². The Hall–Kier alpha value is -2.75. The van der Waals surface area contributed by atoms with Gasteiger partial charge in [-0.15, -0.1) is 15.3 Å². The first-order valence-corrected chi connectivity index (χ1v) is 8.41. The molecular formula is C16H13ClF3N5O2. The van der Waals surface area contributed by atoms with E-state index in [9.17, 15) is 13.2 Å². The number of halogens is 4. The highest BCUT2D eigenvalue weighted by atomic mass is 35.5. The Morgan fingerprint density at radius 1 is 1.15 bits per heavy atom. The lowest BCUT2D eigenvalue weighted by atomic mass is 10.2. The number of aromatic nitrogens is 4. The van der Waals surface area contributed by atoms with E-state index < -0.39 is 12.0 Å². The van der Waals surface area contributed by atoms with Crippen molar-refractivity contribution in [1.29, 1.82) is 0 Å². The van der Waals surface area contributed by atoms with E-state index in [-0.39, 0.29) is 18.0 Å². The number of nitrogens with one attached hydrogen (secondary N) is 1. The Balaban J connectivity index is 1.57. The molecule has 142 valence electrons. The maximum atomic E-state index is 12.9. The van der Waals surface area contributed by atoms with E-state index in [1.807, 2.05) is 0 Å². The third-order valence-corrected chi connectivity index (χ3v) is 4.13. The minimum Gasteiger partial charge on any atom is -0.489 e. The smallest absolute Gasteiger partial charge is 0.453 e. The number of ether oxygens (including phenoxy) is 2. The van der Waals surface area contributed by atoms with E-state index >= 15 is 0 Å². The Kier molecular flexibility index (Phi) is 4.42. The van der Waals surface area contributed by atoms with E-state index in [2.05, 4.69) is 20.6 Å². The molecular weight excluding hydrogens is 387 g/mol. The standard InChI is InChI=1S/C16H13ClF3N5O2/c17-10-6-9(7-11-14(10)27-5-1-4-26-11)8-21-12-2-3-13-22-23-15(16(18,19)20)25(13)24-12/h2-3,6-7H,1,4-5,8H2,(H,21,24). The molecule has 0 saturated carbocycles. The molecule has 0 unspecified atom stereocenters. The van der Waals surface area contributed by atoms with Gasteiger partial charge >= 0.3 is 6.18 Å². The van der Waals surface area contributed by atoms with Crippen LogP contribution >= 0.6 is 11.6 Å². The fourth-order valence-electron chi connectivity index (χ4n) is 2.64. The zero-order valence-corrected chi connectivity index (χ0v) is 14.5. The summed E-state index contributed by atoms with van der Waals surface area (Å²) >= 11 is 6.24. The van der Waals surface area contributed by atoms with Crippen LogP contribution in [-0.2, 0) is 12.7 Å². The van der Waals surface area contributed by atoms with Gasteiger partial charge in [-0.05, 0) is 29.8 Å². The van der Waals surface area contributed by atoms with E-state index in [0.717, 1.165) is 12.0 Å². The van der Waals surface area contributed by atoms with E-state index in [1.54, 1.807) is 12.1 Å². The van der Waals surface area contributed by atoms with Crippen molar-refractivity contribution in [2.24, 2.45) is 0 Å². The van der Waals surface area contributed by atoms with Gasteiger partial charge in [0.05, 0.1) is 18.2 Å². The molecule has 27 heavy (non-hydrogen) atoms. The summed E-state index contributed by atoms with van der Waals surface area (Å²) in [7, 11) is 0. The van der Waals surface area contributed by atoms with Gasteiger partial charge in [0.25, 0.3) is 5.82 Å². The van der Waals surface area contributed by atoms with Crippen LogP contribution in [0.1, 0.15) is 17.8 Å². The van der Waals surface area contributed by atoms with Gasteiger partial charge in [0.1, 0.15) is 5.82 Å². The molecule has 3 heterocycles. The van der Waals surface area contributed by atoms with Crippen molar-refractivity contribution in [3.05, 3.63) is 40.7 Å². The largest absolute Gasteiger partial charge is 0.489 e. The Morgan fingerprint density at radius 2 is 1.96 bits per heavy atom. The summed E-state index contributed by atoms with van der Waals surface area (Å²) in [4.78, 5) is 0. The molecule has 4 rings (SSSR count). The summed E-state index contributed by atoms with van der Waals surface area (Å²) in [5, 5.41) is 13.9. The highest BCUT2D eigenvalue weighted by Crippen LogP contribution is 2.38. The minimum absolute atomic E-state index is 0.00602. The van der Waals surface area contributed by atoms with Crippen molar-refractivity contribution in [3.8, 4) is 11.5 Å². The van der Waals surface area contributed by atoms with Crippen molar-refractivity contribution in [2.45, 2.75) is 19.1 Å². The lowest BCUT2D eigenvalue weighted by Crippen LogP contribution is -2.13. The lowest BCUT2D eigenvalue weighted by Gasteiger charge is -2.12. The van der Waals surface area contributed by atoms with Gasteiger partial charge in [0, 0.05) is 13.0 Å². The van der Waals surface area contributed by atoms with Crippen molar-refractivity contribution >= 4 is 23.1 Å². The third kappa shape index (κ3) is 3.57. The van der Waals surface area contributed by atoms with Gasteiger partial charge in [0.2, 0.25) is 0 Å². The topological polar surface area (TPSA) is 73.6 Å². The molecule has 0 amide bonds. The zero-order valence-electron chi connectivity index (χ0n) is 13.8. The number of fused-ring (bicyclic) bond motifs is 2. The number of rotatable bonds is 3. The average molecular weight is 400 g/mol. The predicted molar refractivity (Wildman–Crippen MR) is 90.2 cm³/mol. The highest BCUT2D eigenvalue weighted by molar-refractivity contribution is 6.32. The molecule has 0 saturated heterocycles. The summed E-state index contributed by atoms with van der Waals surface area (Å²) in [5.41, 5.74) is 0.775. The maximum Gasteiger partial charge on any atom is 0.453 e. The molecule has 0 fully saturated rings. The van der Waals surface area contributed by atoms with Gasteiger partial charge in [-0.3, -0.25) is 0 Å². The number of hydrogen-bond acceptors (Lipinski definition) is 6. The van der Waals surface area contributed by atoms with Gasteiger partial charge in [-0.25, -0.2) is 0 Å². The molecule has 1 N–H and O–H groups in total. The number of hydrogen-bond donors (Lipinski definition) is 1. The molecule has 0 spiro atoms. The summed E-state index contributed by atoms with van der Waals surface area (Å²) < 4.78 is 50.7. The maximum absolute atomic E-state index is 12.9. The third-order valence-electron chi connectivity index (χ3n) is 3.85. The molecule has 0 radical (unpaired) electrons. The second-order valence-corrected chi connectivity index (χ2v) is 6.23. The van der Waals surface area contributed by atoms with Crippen molar-refractivity contribution in [1.82, 2.24) is 19.8 Å². The van der Waals surface area contributed by atoms with Crippen molar-refractivity contribution in [2.75, 3.05) is 18.5 Å². The number of alkyl halides is 3. The molecule has 0 bridgehead atoms. The van der Waals surface area contributed by atoms with Gasteiger partial charge in [-0.2, -0.15) is 17.7 Å². The van der Waals surface area contributed by atoms with Gasteiger partial charge < -0.3 is 14.8 Å². The zero-order chi connectivity index (χ0) is 19.0. The molecule has 1 aliphatic rings. The average Bonchev–Trinajstić information content (AvgIpc) is 2.90. The molecule has 1 aliphatic heterocycles. The summed E-state index contributed by atoms with van der Waals surface area (Å²) in [6.07, 6.45) is -3.89. The van der Waals surface area contributed by atoms with Crippen LogP contribution in [0.2, 0.25) is 5.02 Å². The van der Waals surface area contributed by atoms with Crippen LogP contribution in [0.15, 0.2) is 24.3 Å². The lowest BCUT2D eigenvalue weighted by molar-refractivity contribution is -0.146. The van der Waals surface area contributed by atoms with Gasteiger partial charge in [0.15, 0.2) is 17.1 Å². The van der Waals surface area contributed by atoms with Crippen LogP contribution in [-0.4, -0.2) is 33.0 Å². The summed E-state index contributed by atoms with van der Waals surface area (Å²) in [6.45, 7) is 1.32. The molecule has 7 nitrogen and oxygen atoms in total. The molecule has 3 aromatic rings. The number of nitrogens with zero attached hydrogens (tertiary/aromatic N) is 4. The Labute approximate surface area is 156 Å². The van der Waals surface area contributed by atoms with E-state index in [1.165, 1.54) is 12.1 Å². The van der Waals surface area contributed by atoms with Crippen LogP contribution in [0, 0.1) is 0 Å². The summed E-state index contributed by atoms with van der Waals surface area (Å²) in [6, 6.07) is 6.41. The van der Waals surface area contributed by atoms with Crippen molar-refractivity contribution in [3.63, 3.8) is 0 Å². The monoisotopic (exact) mass is 399 g/mol. The SMILES string of the molecule is FC(F)(F)c1nnc2ccc(NCc3cc(Cl)c4c(c3)OCCCO4)nn12. The molecule has 0 aliphatic carbocycles. The molecule has 2 aromatic heterocycles. The first kappa shape index (κ1) is 17.7. The highest BCUT2D eigenvalue weighted by Gasteiger charge is 2.37. The van der Waals surface area contributed by atoms with Crippen LogP contribution in [0.3, 0.4) is 0 Å². The second kappa shape index (κ2) is 6.76. The first-order valence-electron chi connectivity index (χ1n) is 8.03. The van der Waals surface area contributed by atoms with Crippen molar-refractivity contribution < 1.29 is 22.6 Å². The summed E-state index contributed by atoms with van der Waals surface area (Å²) in [5.74, 6) is 0.0888. The fraction of sp³-hybridized carbons (Fsp3) is 0.312.